The normalized spacial score (nSPS) is 14.0. The molecule has 0 saturated heterocycles. The number of amides is 2. The van der Waals surface area contributed by atoms with Crippen LogP contribution in [-0.4, -0.2) is 39.6 Å². The Hall–Kier alpha value is -2.67. The molecule has 0 saturated carbocycles. The zero-order valence-corrected chi connectivity index (χ0v) is 19.8. The summed E-state index contributed by atoms with van der Waals surface area (Å²) in [6, 6.07) is 11.6. The Kier molecular flexibility index (Phi) is 6.79. The second kappa shape index (κ2) is 9.06. The number of hydrogen-bond donors (Lipinski definition) is 0. The number of aryl methyl sites for hydroxylation is 1. The fourth-order valence-corrected chi connectivity index (χ4v) is 4.43. The lowest BCUT2D eigenvalue weighted by atomic mass is 10.1. The third kappa shape index (κ3) is 5.38. The predicted octanol–water partition coefficient (Wildman–Crippen LogP) is 5.27. The van der Waals surface area contributed by atoms with Crippen LogP contribution in [0.2, 0.25) is 0 Å². The number of esters is 1. The number of nitrogens with zero attached hydrogens (tertiary/aromatic N) is 1. The predicted molar refractivity (Wildman–Crippen MR) is 122 cm³/mol. The topological polar surface area (TPSA) is 63.7 Å². The summed E-state index contributed by atoms with van der Waals surface area (Å²) >= 11 is 1.12. The van der Waals surface area contributed by atoms with Gasteiger partial charge in [0.1, 0.15) is 16.2 Å². The van der Waals surface area contributed by atoms with Gasteiger partial charge >= 0.3 is 5.97 Å². The molecule has 0 N–H and O–H groups in total. The highest BCUT2D eigenvalue weighted by atomic mass is 32.2. The van der Waals surface area contributed by atoms with Gasteiger partial charge in [0, 0.05) is 11.4 Å². The summed E-state index contributed by atoms with van der Waals surface area (Å²) in [6.07, 6.45) is 1.12. The summed E-state index contributed by atoms with van der Waals surface area (Å²) in [6.45, 7) is 9.08. The highest BCUT2D eigenvalue weighted by molar-refractivity contribution is 8.01. The third-order valence-corrected chi connectivity index (χ3v) is 6.19. The van der Waals surface area contributed by atoms with Gasteiger partial charge in [0.2, 0.25) is 0 Å². The number of hydrogen-bond acceptors (Lipinski definition) is 5. The van der Waals surface area contributed by atoms with Gasteiger partial charge < -0.3 is 4.74 Å². The van der Waals surface area contributed by atoms with Crippen molar-refractivity contribution in [1.82, 2.24) is 4.90 Å². The molecule has 1 aliphatic heterocycles. The van der Waals surface area contributed by atoms with Gasteiger partial charge in [-0.25, -0.2) is 4.39 Å². The number of thioether (sulfide) groups is 1. The Morgan fingerprint density at radius 3 is 2.16 bits per heavy atom. The number of rotatable bonds is 7. The number of carbonyl (C=O) groups is 3. The summed E-state index contributed by atoms with van der Waals surface area (Å²) < 4.78 is 18.9. The average Bonchev–Trinajstić information content (AvgIpc) is 2.94. The van der Waals surface area contributed by atoms with E-state index in [2.05, 4.69) is 0 Å². The Bertz CT molecular complexity index is 1020. The van der Waals surface area contributed by atoms with Crippen molar-refractivity contribution in [3.8, 4) is 0 Å². The van der Waals surface area contributed by atoms with Crippen molar-refractivity contribution in [2.24, 2.45) is 0 Å². The summed E-state index contributed by atoms with van der Waals surface area (Å²) in [5.74, 6) is -1.37. The van der Waals surface area contributed by atoms with Gasteiger partial charge in [-0.1, -0.05) is 18.2 Å². The molecule has 0 spiro atoms. The lowest BCUT2D eigenvalue weighted by molar-refractivity contribution is -0.156. The first-order chi connectivity index (χ1) is 14.9. The van der Waals surface area contributed by atoms with Gasteiger partial charge in [-0.05, 0) is 77.3 Å². The van der Waals surface area contributed by atoms with Gasteiger partial charge in [-0.2, -0.15) is 0 Å². The third-order valence-electron chi connectivity index (χ3n) is 4.98. The molecule has 0 unspecified atom stereocenters. The highest BCUT2D eigenvalue weighted by Crippen LogP contribution is 2.36. The van der Waals surface area contributed by atoms with E-state index in [4.69, 9.17) is 4.74 Å². The molecular weight excluding hydrogens is 429 g/mol. The highest BCUT2D eigenvalue weighted by Gasteiger charge is 2.35. The number of imide groups is 1. The zero-order chi connectivity index (χ0) is 23.7. The summed E-state index contributed by atoms with van der Waals surface area (Å²) in [5.41, 5.74) is 1.11. The van der Waals surface area contributed by atoms with E-state index in [-0.39, 0.29) is 18.4 Å². The molecule has 1 heterocycles. The number of benzene rings is 2. The molecule has 2 amide bonds. The van der Waals surface area contributed by atoms with Crippen LogP contribution in [0.25, 0.3) is 0 Å². The van der Waals surface area contributed by atoms with Crippen molar-refractivity contribution in [3.63, 3.8) is 0 Å². The molecule has 0 fully saturated rings. The first-order valence-corrected chi connectivity index (χ1v) is 11.4. The number of halogens is 1. The van der Waals surface area contributed by atoms with Crippen LogP contribution in [0.15, 0.2) is 47.4 Å². The fraction of sp³-hybridized carbons (Fsp3) is 0.400. The van der Waals surface area contributed by atoms with Gasteiger partial charge in [0.25, 0.3) is 11.8 Å². The van der Waals surface area contributed by atoms with E-state index in [0.29, 0.717) is 28.9 Å². The summed E-state index contributed by atoms with van der Waals surface area (Å²) in [5, 5.41) is 0. The molecule has 0 atom stereocenters. The Labute approximate surface area is 192 Å². The Balaban J connectivity index is 1.63. The van der Waals surface area contributed by atoms with Gasteiger partial charge in [-0.3, -0.25) is 19.3 Å². The molecule has 0 radical (unpaired) electrons. The van der Waals surface area contributed by atoms with Crippen LogP contribution in [0, 0.1) is 5.82 Å². The van der Waals surface area contributed by atoms with Crippen molar-refractivity contribution in [2.45, 2.75) is 62.7 Å². The van der Waals surface area contributed by atoms with E-state index >= 15 is 0 Å². The van der Waals surface area contributed by atoms with Crippen LogP contribution in [-0.2, 0) is 16.0 Å². The van der Waals surface area contributed by atoms with E-state index in [1.54, 1.807) is 71.0 Å². The molecule has 3 rings (SSSR count). The maximum atomic E-state index is 14.5. The van der Waals surface area contributed by atoms with E-state index in [0.717, 1.165) is 17.3 Å². The van der Waals surface area contributed by atoms with Crippen LogP contribution in [0.5, 0.6) is 0 Å². The van der Waals surface area contributed by atoms with Crippen molar-refractivity contribution in [3.05, 3.63) is 65.0 Å². The van der Waals surface area contributed by atoms with Gasteiger partial charge in [0.05, 0.1) is 11.1 Å². The molecule has 170 valence electrons. The van der Waals surface area contributed by atoms with Gasteiger partial charge in [0.15, 0.2) is 0 Å². The van der Waals surface area contributed by atoms with Crippen LogP contribution in [0.4, 0.5) is 4.39 Å². The van der Waals surface area contributed by atoms with Crippen molar-refractivity contribution in [2.75, 3.05) is 6.54 Å². The molecule has 1 aliphatic rings. The summed E-state index contributed by atoms with van der Waals surface area (Å²) in [4.78, 5) is 39.1. The maximum Gasteiger partial charge on any atom is 0.322 e. The van der Waals surface area contributed by atoms with Crippen LogP contribution in [0.1, 0.15) is 67.3 Å². The zero-order valence-electron chi connectivity index (χ0n) is 19.0. The second-order valence-electron chi connectivity index (χ2n) is 9.29. The molecule has 2 aromatic rings. The number of fused-ring (bicyclic) bond motifs is 1. The monoisotopic (exact) mass is 457 g/mol. The largest absolute Gasteiger partial charge is 0.459 e. The first kappa shape index (κ1) is 24.0. The van der Waals surface area contributed by atoms with E-state index in [9.17, 15) is 18.8 Å². The Morgan fingerprint density at radius 1 is 1.00 bits per heavy atom. The molecule has 0 aromatic heterocycles. The van der Waals surface area contributed by atoms with E-state index in [1.165, 1.54) is 11.0 Å². The maximum absolute atomic E-state index is 14.5. The number of ether oxygens (including phenoxy) is 1. The van der Waals surface area contributed by atoms with Gasteiger partial charge in [-0.15, -0.1) is 11.8 Å². The molecule has 5 nitrogen and oxygen atoms in total. The minimum absolute atomic E-state index is 0.278. The van der Waals surface area contributed by atoms with E-state index in [1.807, 2.05) is 0 Å². The van der Waals surface area contributed by atoms with Crippen molar-refractivity contribution in [1.29, 1.82) is 0 Å². The smallest absolute Gasteiger partial charge is 0.322 e. The van der Waals surface area contributed by atoms with Crippen molar-refractivity contribution >= 4 is 29.5 Å². The second-order valence-corrected chi connectivity index (χ2v) is 11.0. The first-order valence-electron chi connectivity index (χ1n) is 10.6. The lowest BCUT2D eigenvalue weighted by Crippen LogP contribution is -2.36. The molecule has 7 heteroatoms. The molecular formula is C25H28FNO4S. The minimum atomic E-state index is -0.965. The van der Waals surface area contributed by atoms with E-state index < -0.39 is 22.1 Å². The number of carbonyl (C=O) groups excluding carboxylic acids is 3. The fourth-order valence-electron chi connectivity index (χ4n) is 3.38. The lowest BCUT2D eigenvalue weighted by Gasteiger charge is -2.28. The minimum Gasteiger partial charge on any atom is -0.459 e. The Morgan fingerprint density at radius 2 is 1.59 bits per heavy atom. The van der Waals surface area contributed by atoms with Crippen molar-refractivity contribution < 1.29 is 23.5 Å². The quantitative estimate of drug-likeness (QED) is 0.322. The van der Waals surface area contributed by atoms with Crippen LogP contribution >= 0.6 is 11.8 Å². The molecule has 2 aromatic carbocycles. The molecule has 32 heavy (non-hydrogen) atoms. The summed E-state index contributed by atoms with van der Waals surface area (Å²) in [7, 11) is 0. The standard InChI is InChI=1S/C25H28FNO4S/c1-24(2,3)31-23(30)25(4,5)32-20-15-16(12-13-19(20)26)9-8-14-27-21(28)17-10-6-7-11-18(17)22(27)29/h6-7,10-13,15H,8-9,14H2,1-5H3. The van der Waals surface area contributed by atoms with Crippen LogP contribution < -0.4 is 0 Å². The molecule has 0 bridgehead atoms. The van der Waals surface area contributed by atoms with Crippen LogP contribution in [0.3, 0.4) is 0 Å². The molecule has 0 aliphatic carbocycles. The SMILES string of the molecule is CC(C)(C)OC(=O)C(C)(C)Sc1cc(CCCN2C(=O)c3ccccc3C2=O)ccc1F. The average molecular weight is 458 g/mol.